The molecule has 0 aliphatic carbocycles. The molecule has 0 radical (unpaired) electrons. The maximum atomic E-state index is 12.1. The Morgan fingerprint density at radius 2 is 2.12 bits per heavy atom. The summed E-state index contributed by atoms with van der Waals surface area (Å²) in [5.41, 5.74) is 3.91. The van der Waals surface area contributed by atoms with Gasteiger partial charge in [-0.25, -0.2) is 9.97 Å². The SMILES string of the molecule is Cc1nn(C)c(C)c1CCC(=O)Nc1ccc(-n2ccnc2)nc1. The molecule has 0 fully saturated rings. The van der Waals surface area contributed by atoms with Gasteiger partial charge in [0.15, 0.2) is 0 Å². The molecular formula is C17H20N6O. The number of imidazole rings is 1. The Hall–Kier alpha value is -2.96. The van der Waals surface area contributed by atoms with Crippen molar-refractivity contribution in [2.45, 2.75) is 26.7 Å². The quantitative estimate of drug-likeness (QED) is 0.780. The predicted molar refractivity (Wildman–Crippen MR) is 91.0 cm³/mol. The molecule has 7 heteroatoms. The Labute approximate surface area is 140 Å². The van der Waals surface area contributed by atoms with Crippen LogP contribution in [-0.4, -0.2) is 30.2 Å². The Kier molecular flexibility index (Phi) is 4.41. The Bertz CT molecular complexity index is 833. The van der Waals surface area contributed by atoms with Gasteiger partial charge in [-0.1, -0.05) is 0 Å². The molecule has 0 spiro atoms. The topological polar surface area (TPSA) is 77.6 Å². The van der Waals surface area contributed by atoms with Crippen LogP contribution in [0.15, 0.2) is 37.1 Å². The fourth-order valence-electron chi connectivity index (χ4n) is 2.65. The molecule has 0 saturated carbocycles. The van der Waals surface area contributed by atoms with Crippen LogP contribution in [0.5, 0.6) is 0 Å². The molecule has 0 aromatic carbocycles. The number of hydrogen-bond donors (Lipinski definition) is 1. The van der Waals surface area contributed by atoms with Crippen LogP contribution in [0.3, 0.4) is 0 Å². The van der Waals surface area contributed by atoms with Gasteiger partial charge in [-0.05, 0) is 38.0 Å². The van der Waals surface area contributed by atoms with Gasteiger partial charge in [0.1, 0.15) is 12.1 Å². The van der Waals surface area contributed by atoms with Gasteiger partial charge in [-0.15, -0.1) is 0 Å². The van der Waals surface area contributed by atoms with Crippen LogP contribution in [0, 0.1) is 13.8 Å². The lowest BCUT2D eigenvalue weighted by atomic mass is 10.1. The summed E-state index contributed by atoms with van der Waals surface area (Å²) in [6.45, 7) is 3.99. The summed E-state index contributed by atoms with van der Waals surface area (Å²) in [6, 6.07) is 3.67. The maximum Gasteiger partial charge on any atom is 0.224 e. The molecule has 24 heavy (non-hydrogen) atoms. The predicted octanol–water partition coefficient (Wildman–Crippen LogP) is 2.19. The second-order valence-corrected chi connectivity index (χ2v) is 5.70. The van der Waals surface area contributed by atoms with E-state index < -0.39 is 0 Å². The maximum absolute atomic E-state index is 12.1. The third-order valence-corrected chi connectivity index (χ3v) is 4.06. The van der Waals surface area contributed by atoms with E-state index in [0.29, 0.717) is 18.5 Å². The summed E-state index contributed by atoms with van der Waals surface area (Å²) in [4.78, 5) is 20.5. The number of carbonyl (C=O) groups is 1. The monoisotopic (exact) mass is 324 g/mol. The number of pyridine rings is 1. The van der Waals surface area contributed by atoms with Gasteiger partial charge in [-0.2, -0.15) is 5.10 Å². The molecule has 0 saturated heterocycles. The van der Waals surface area contributed by atoms with Gasteiger partial charge in [0.05, 0.1) is 17.6 Å². The highest BCUT2D eigenvalue weighted by Gasteiger charge is 2.11. The molecule has 0 atom stereocenters. The number of hydrogen-bond acceptors (Lipinski definition) is 4. The molecule has 124 valence electrons. The summed E-state index contributed by atoms with van der Waals surface area (Å²) < 4.78 is 3.65. The van der Waals surface area contributed by atoms with Gasteiger partial charge in [0.25, 0.3) is 0 Å². The second-order valence-electron chi connectivity index (χ2n) is 5.70. The van der Waals surface area contributed by atoms with Gasteiger partial charge < -0.3 is 5.32 Å². The summed E-state index contributed by atoms with van der Waals surface area (Å²) in [5, 5.41) is 7.25. The number of aryl methyl sites for hydroxylation is 2. The molecule has 0 aliphatic heterocycles. The molecule has 7 nitrogen and oxygen atoms in total. The minimum absolute atomic E-state index is 0.0326. The lowest BCUT2D eigenvalue weighted by Crippen LogP contribution is -2.13. The molecule has 0 unspecified atom stereocenters. The molecular weight excluding hydrogens is 304 g/mol. The first kappa shape index (κ1) is 15.9. The smallest absolute Gasteiger partial charge is 0.224 e. The Balaban J connectivity index is 1.59. The number of nitrogens with zero attached hydrogens (tertiary/aromatic N) is 5. The van der Waals surface area contributed by atoms with Gasteiger partial charge >= 0.3 is 0 Å². The Morgan fingerprint density at radius 1 is 1.29 bits per heavy atom. The minimum atomic E-state index is -0.0326. The van der Waals surface area contributed by atoms with Crippen molar-refractivity contribution in [1.82, 2.24) is 24.3 Å². The van der Waals surface area contributed by atoms with Crippen molar-refractivity contribution in [1.29, 1.82) is 0 Å². The molecule has 0 aliphatic rings. The van der Waals surface area contributed by atoms with Crippen LogP contribution in [-0.2, 0) is 18.3 Å². The van der Waals surface area contributed by atoms with Crippen molar-refractivity contribution in [3.63, 3.8) is 0 Å². The molecule has 3 rings (SSSR count). The molecule has 3 aromatic heterocycles. The van der Waals surface area contributed by atoms with Crippen molar-refractivity contribution in [3.05, 3.63) is 54.0 Å². The third kappa shape index (κ3) is 3.34. The molecule has 0 bridgehead atoms. The van der Waals surface area contributed by atoms with Crippen molar-refractivity contribution in [3.8, 4) is 5.82 Å². The third-order valence-electron chi connectivity index (χ3n) is 4.06. The van der Waals surface area contributed by atoms with E-state index in [2.05, 4.69) is 20.4 Å². The molecule has 3 heterocycles. The van der Waals surface area contributed by atoms with Crippen LogP contribution < -0.4 is 5.32 Å². The lowest BCUT2D eigenvalue weighted by Gasteiger charge is -2.07. The zero-order valence-electron chi connectivity index (χ0n) is 14.0. The molecule has 1 N–H and O–H groups in total. The summed E-state index contributed by atoms with van der Waals surface area (Å²) in [7, 11) is 1.92. The first-order valence-electron chi connectivity index (χ1n) is 7.78. The van der Waals surface area contributed by atoms with Gasteiger partial charge in [0, 0.05) is 31.6 Å². The fourth-order valence-corrected chi connectivity index (χ4v) is 2.65. The van der Waals surface area contributed by atoms with E-state index in [1.165, 1.54) is 0 Å². The average molecular weight is 324 g/mol. The highest BCUT2D eigenvalue weighted by Crippen LogP contribution is 2.15. The van der Waals surface area contributed by atoms with Crippen molar-refractivity contribution < 1.29 is 4.79 Å². The zero-order valence-corrected chi connectivity index (χ0v) is 14.0. The van der Waals surface area contributed by atoms with Crippen molar-refractivity contribution in [2.75, 3.05) is 5.32 Å². The van der Waals surface area contributed by atoms with Gasteiger partial charge in [0.2, 0.25) is 5.91 Å². The first-order chi connectivity index (χ1) is 11.5. The van der Waals surface area contributed by atoms with Crippen LogP contribution in [0.4, 0.5) is 5.69 Å². The van der Waals surface area contributed by atoms with E-state index in [1.54, 1.807) is 23.3 Å². The van der Waals surface area contributed by atoms with E-state index in [0.717, 1.165) is 22.8 Å². The van der Waals surface area contributed by atoms with E-state index >= 15 is 0 Å². The number of carbonyl (C=O) groups excluding carboxylic acids is 1. The molecule has 3 aromatic rings. The second kappa shape index (κ2) is 6.66. The zero-order chi connectivity index (χ0) is 17.1. The minimum Gasteiger partial charge on any atom is -0.325 e. The van der Waals surface area contributed by atoms with E-state index in [1.807, 2.05) is 43.9 Å². The summed E-state index contributed by atoms with van der Waals surface area (Å²) in [6.07, 6.45) is 7.93. The van der Waals surface area contributed by atoms with E-state index in [-0.39, 0.29) is 5.91 Å². The Morgan fingerprint density at radius 3 is 2.71 bits per heavy atom. The van der Waals surface area contributed by atoms with E-state index in [9.17, 15) is 4.79 Å². The number of rotatable bonds is 5. The van der Waals surface area contributed by atoms with Gasteiger partial charge in [-0.3, -0.25) is 14.0 Å². The number of amides is 1. The number of anilines is 1. The largest absolute Gasteiger partial charge is 0.325 e. The van der Waals surface area contributed by atoms with Crippen LogP contribution in [0.2, 0.25) is 0 Å². The highest BCUT2D eigenvalue weighted by atomic mass is 16.1. The van der Waals surface area contributed by atoms with E-state index in [4.69, 9.17) is 0 Å². The van der Waals surface area contributed by atoms with Crippen LogP contribution in [0.25, 0.3) is 5.82 Å². The van der Waals surface area contributed by atoms with Crippen molar-refractivity contribution >= 4 is 11.6 Å². The standard InChI is InChI=1S/C17H20N6O/c1-12-15(13(2)22(3)21-12)5-7-17(24)20-14-4-6-16(19-10-14)23-9-8-18-11-23/h4,6,8-11H,5,7H2,1-3H3,(H,20,24). The summed E-state index contributed by atoms with van der Waals surface area (Å²) >= 11 is 0. The fraction of sp³-hybridized carbons (Fsp3) is 0.294. The first-order valence-corrected chi connectivity index (χ1v) is 7.78. The molecule has 1 amide bonds. The van der Waals surface area contributed by atoms with Crippen LogP contribution in [0.1, 0.15) is 23.4 Å². The van der Waals surface area contributed by atoms with Crippen molar-refractivity contribution in [2.24, 2.45) is 7.05 Å². The number of nitrogens with one attached hydrogen (secondary N) is 1. The number of aromatic nitrogens is 5. The lowest BCUT2D eigenvalue weighted by molar-refractivity contribution is -0.116. The van der Waals surface area contributed by atoms with Crippen LogP contribution >= 0.6 is 0 Å². The summed E-state index contributed by atoms with van der Waals surface area (Å²) in [5.74, 6) is 0.724. The normalized spacial score (nSPS) is 10.8. The highest BCUT2D eigenvalue weighted by molar-refractivity contribution is 5.90. The average Bonchev–Trinajstić information content (AvgIpc) is 3.17.